The van der Waals surface area contributed by atoms with Crippen molar-refractivity contribution in [3.05, 3.63) is 52.7 Å². The van der Waals surface area contributed by atoms with Gasteiger partial charge in [-0.3, -0.25) is 4.79 Å². The second-order valence-electron chi connectivity index (χ2n) is 9.23. The summed E-state index contributed by atoms with van der Waals surface area (Å²) in [6.07, 6.45) is 2.00. The average Bonchev–Trinajstić information content (AvgIpc) is 3.24. The number of aromatic nitrogens is 3. The van der Waals surface area contributed by atoms with Gasteiger partial charge in [0.05, 0.1) is 43.1 Å². The Balaban J connectivity index is 1.45. The van der Waals surface area contributed by atoms with E-state index in [9.17, 15) is 14.3 Å². The lowest BCUT2D eigenvalue weighted by Gasteiger charge is -2.55. The summed E-state index contributed by atoms with van der Waals surface area (Å²) >= 11 is 6.06. The lowest BCUT2D eigenvalue weighted by Crippen LogP contribution is -2.68. The van der Waals surface area contributed by atoms with Crippen LogP contribution in [0.15, 0.2) is 36.5 Å². The molecule has 2 aliphatic rings. The summed E-state index contributed by atoms with van der Waals surface area (Å²) in [5, 5.41) is 17.9. The number of nitrogens with one attached hydrogen (secondary N) is 1. The van der Waals surface area contributed by atoms with Crippen LogP contribution >= 0.6 is 11.6 Å². The lowest BCUT2D eigenvalue weighted by atomic mass is 9.72. The summed E-state index contributed by atoms with van der Waals surface area (Å²) in [7, 11) is 1.49. The largest absolute Gasteiger partial charge is 0.493 e. The number of aliphatic hydroxyl groups is 1. The van der Waals surface area contributed by atoms with Gasteiger partial charge < -0.3 is 24.8 Å². The Morgan fingerprint density at radius 1 is 1.43 bits per heavy atom. The molecule has 1 aliphatic carbocycles. The number of pyridine rings is 1. The van der Waals surface area contributed by atoms with Crippen molar-refractivity contribution in [2.24, 2.45) is 0 Å². The molecule has 35 heavy (non-hydrogen) atoms. The van der Waals surface area contributed by atoms with Crippen LogP contribution in [0.2, 0.25) is 5.02 Å². The maximum Gasteiger partial charge on any atom is 0.256 e. The van der Waals surface area contributed by atoms with Crippen LogP contribution in [0.1, 0.15) is 41.7 Å². The van der Waals surface area contributed by atoms with Gasteiger partial charge >= 0.3 is 0 Å². The number of alkyl halides is 1. The predicted octanol–water partition coefficient (Wildman–Crippen LogP) is 3.27. The number of fused-ring (bicyclic) bond motifs is 1. The van der Waals surface area contributed by atoms with Gasteiger partial charge in [-0.25, -0.2) is 8.91 Å². The van der Waals surface area contributed by atoms with Gasteiger partial charge in [-0.05, 0) is 43.5 Å². The molecule has 2 aromatic heterocycles. The van der Waals surface area contributed by atoms with E-state index in [1.54, 1.807) is 41.4 Å². The summed E-state index contributed by atoms with van der Waals surface area (Å²) in [5.41, 5.74) is 0.916. The van der Waals surface area contributed by atoms with Crippen LogP contribution in [0.4, 0.5) is 10.3 Å². The van der Waals surface area contributed by atoms with E-state index < -0.39 is 24.4 Å². The molecule has 1 spiro atoms. The van der Waals surface area contributed by atoms with E-state index in [2.05, 4.69) is 15.4 Å². The first kappa shape index (κ1) is 23.8. The Morgan fingerprint density at radius 2 is 2.23 bits per heavy atom. The van der Waals surface area contributed by atoms with E-state index in [0.29, 0.717) is 53.5 Å². The topological polar surface area (TPSA) is 101 Å². The number of nitrogens with zero attached hydrogens (tertiary/aromatic N) is 4. The predicted molar refractivity (Wildman–Crippen MR) is 128 cm³/mol. The maximum absolute atomic E-state index is 13.8. The highest BCUT2D eigenvalue weighted by molar-refractivity contribution is 6.30. The van der Waals surface area contributed by atoms with Gasteiger partial charge in [-0.2, -0.15) is 4.98 Å². The molecule has 1 aliphatic heterocycles. The summed E-state index contributed by atoms with van der Waals surface area (Å²) in [5.74, 6) is 0.354. The van der Waals surface area contributed by atoms with E-state index in [-0.39, 0.29) is 18.0 Å². The van der Waals surface area contributed by atoms with Gasteiger partial charge in [0.25, 0.3) is 5.91 Å². The van der Waals surface area contributed by atoms with Crippen LogP contribution in [-0.2, 0) is 4.74 Å². The first-order valence-corrected chi connectivity index (χ1v) is 11.8. The highest BCUT2D eigenvalue weighted by atomic mass is 35.5. The second-order valence-corrected chi connectivity index (χ2v) is 9.67. The lowest BCUT2D eigenvalue weighted by molar-refractivity contribution is -0.154. The van der Waals surface area contributed by atoms with Crippen molar-refractivity contribution in [3.8, 4) is 5.75 Å². The summed E-state index contributed by atoms with van der Waals surface area (Å²) < 4.78 is 26.6. The van der Waals surface area contributed by atoms with Crippen LogP contribution in [0.5, 0.6) is 5.75 Å². The van der Waals surface area contributed by atoms with Gasteiger partial charge in [0.2, 0.25) is 5.95 Å². The third kappa shape index (κ3) is 4.41. The zero-order chi connectivity index (χ0) is 24.7. The average molecular weight is 504 g/mol. The van der Waals surface area contributed by atoms with E-state index in [0.717, 1.165) is 0 Å². The number of aliphatic hydroxyl groups excluding tert-OH is 1. The molecule has 11 heteroatoms. The zero-order valence-electron chi connectivity index (χ0n) is 19.4. The number of ether oxygens (including phenoxy) is 2. The highest BCUT2D eigenvalue weighted by Gasteiger charge is 2.53. The molecule has 0 bridgehead atoms. The number of morpholine rings is 1. The molecule has 0 radical (unpaired) electrons. The highest BCUT2D eigenvalue weighted by Crippen LogP contribution is 2.42. The van der Waals surface area contributed by atoms with Gasteiger partial charge in [0.1, 0.15) is 6.67 Å². The number of benzene rings is 1. The number of halogens is 2. The molecule has 2 fully saturated rings. The number of hydrogen-bond acceptors (Lipinski definition) is 7. The molecule has 2 unspecified atom stereocenters. The molecule has 2 N–H and O–H groups in total. The van der Waals surface area contributed by atoms with Crippen molar-refractivity contribution < 1.29 is 23.8 Å². The molecule has 186 valence electrons. The van der Waals surface area contributed by atoms with Crippen LogP contribution < -0.4 is 10.1 Å². The fourth-order valence-corrected chi connectivity index (χ4v) is 5.06. The molecule has 3 heterocycles. The molecular formula is C24H27ClFN5O4. The third-order valence-electron chi connectivity index (χ3n) is 6.70. The quantitative estimate of drug-likeness (QED) is 0.532. The van der Waals surface area contributed by atoms with Crippen molar-refractivity contribution in [2.75, 3.05) is 32.3 Å². The first-order valence-electron chi connectivity index (χ1n) is 11.5. The molecule has 3 aromatic rings. The number of amides is 1. The SMILES string of the molecule is COc1cc(C(=O)N2CC(C)OC[C@]23C[C@H](O)C3)cn2nc(NC(CF)c3cccc(Cl)c3)nc12. The third-order valence-corrected chi connectivity index (χ3v) is 6.94. The molecule has 5 rings (SSSR count). The van der Waals surface area contributed by atoms with Crippen LogP contribution in [-0.4, -0.2) is 75.2 Å². The van der Waals surface area contributed by atoms with E-state index in [4.69, 9.17) is 21.1 Å². The molecule has 1 aromatic carbocycles. The number of hydrogen-bond donors (Lipinski definition) is 2. The van der Waals surface area contributed by atoms with Gasteiger partial charge in [0.15, 0.2) is 11.4 Å². The van der Waals surface area contributed by atoms with Crippen molar-refractivity contribution >= 4 is 29.1 Å². The first-order chi connectivity index (χ1) is 16.8. The summed E-state index contributed by atoms with van der Waals surface area (Å²) in [6.45, 7) is 2.04. The number of methoxy groups -OCH3 is 1. The Bertz CT molecular complexity index is 1250. The maximum atomic E-state index is 13.8. The molecule has 1 saturated carbocycles. The molecular weight excluding hydrogens is 477 g/mol. The Hall–Kier alpha value is -2.95. The summed E-state index contributed by atoms with van der Waals surface area (Å²) in [6, 6.07) is 7.85. The van der Waals surface area contributed by atoms with E-state index in [1.807, 2.05) is 6.92 Å². The van der Waals surface area contributed by atoms with Crippen molar-refractivity contribution in [1.29, 1.82) is 0 Å². The van der Waals surface area contributed by atoms with Crippen molar-refractivity contribution in [1.82, 2.24) is 19.5 Å². The van der Waals surface area contributed by atoms with Crippen molar-refractivity contribution in [3.63, 3.8) is 0 Å². The number of carbonyl (C=O) groups excluding carboxylic acids is 1. The summed E-state index contributed by atoms with van der Waals surface area (Å²) in [4.78, 5) is 19.9. The van der Waals surface area contributed by atoms with Gasteiger partial charge in [-0.1, -0.05) is 23.7 Å². The van der Waals surface area contributed by atoms with Crippen LogP contribution in [0, 0.1) is 0 Å². The van der Waals surface area contributed by atoms with Gasteiger partial charge in [-0.15, -0.1) is 5.10 Å². The number of carbonyl (C=O) groups is 1. The Morgan fingerprint density at radius 3 is 2.91 bits per heavy atom. The smallest absolute Gasteiger partial charge is 0.256 e. The standard InChI is InChI=1S/C24H27ClFN5O4/c1-14-11-30(24(13-35-14)8-18(32)9-24)22(33)16-7-20(34-2)21-28-23(29-31(21)12-16)27-19(10-26)15-4-3-5-17(25)6-15/h3-7,12,14,18-19,32H,8-11,13H2,1-2H3,(H,27,29)/t14?,18-,19?,24+. The molecule has 1 amide bonds. The molecule has 9 nitrogen and oxygen atoms in total. The van der Waals surface area contributed by atoms with Crippen LogP contribution in [0.25, 0.3) is 5.65 Å². The fourth-order valence-electron chi connectivity index (χ4n) is 4.86. The monoisotopic (exact) mass is 503 g/mol. The van der Waals surface area contributed by atoms with Gasteiger partial charge in [0, 0.05) is 17.8 Å². The molecule has 1 saturated heterocycles. The minimum absolute atomic E-state index is 0.112. The minimum atomic E-state index is -0.696. The Kier molecular flexibility index (Phi) is 6.29. The number of rotatable bonds is 6. The zero-order valence-corrected chi connectivity index (χ0v) is 20.2. The van der Waals surface area contributed by atoms with Crippen LogP contribution in [0.3, 0.4) is 0 Å². The number of anilines is 1. The van der Waals surface area contributed by atoms with Crippen molar-refractivity contribution in [2.45, 2.75) is 43.6 Å². The normalized spacial score (nSPS) is 24.9. The minimum Gasteiger partial charge on any atom is -0.493 e. The Labute approximate surface area is 206 Å². The molecule has 2 atom stereocenters. The second kappa shape index (κ2) is 9.25. The van der Waals surface area contributed by atoms with E-state index in [1.165, 1.54) is 11.6 Å². The van der Waals surface area contributed by atoms with E-state index >= 15 is 0 Å². The fraction of sp³-hybridized carbons (Fsp3) is 0.458.